The van der Waals surface area contributed by atoms with Crippen LogP contribution < -0.4 is 0 Å². The van der Waals surface area contributed by atoms with Gasteiger partial charge in [-0.3, -0.25) is 0 Å². The van der Waals surface area contributed by atoms with Crippen molar-refractivity contribution in [3.05, 3.63) is 0 Å². The van der Waals surface area contributed by atoms with Crippen LogP contribution >= 0.6 is 0 Å². The Morgan fingerprint density at radius 3 is 2.38 bits per heavy atom. The summed E-state index contributed by atoms with van der Waals surface area (Å²) in [5.74, 6) is 0. The summed E-state index contributed by atoms with van der Waals surface area (Å²) in [6, 6.07) is 0. The van der Waals surface area contributed by atoms with E-state index in [1.165, 1.54) is 12.8 Å². The van der Waals surface area contributed by atoms with Gasteiger partial charge in [-0.15, -0.1) is 0 Å². The van der Waals surface area contributed by atoms with Gasteiger partial charge in [-0.2, -0.15) is 0 Å². The van der Waals surface area contributed by atoms with Crippen LogP contribution in [0.25, 0.3) is 0 Å². The molecule has 0 heterocycles. The molecule has 0 atom stereocenters. The monoisotopic (exact) mass is 221 g/mol. The van der Waals surface area contributed by atoms with Crippen molar-refractivity contribution >= 4 is 21.1 Å². The summed E-state index contributed by atoms with van der Waals surface area (Å²) in [5, 5.41) is 0. The predicted molar refractivity (Wildman–Crippen MR) is 42.0 cm³/mol. The Labute approximate surface area is 63.3 Å². The number of hydrogen-bond acceptors (Lipinski definition) is 0. The van der Waals surface area contributed by atoms with Crippen LogP contribution in [0.1, 0.15) is 33.6 Å². The van der Waals surface area contributed by atoms with Gasteiger partial charge < -0.3 is 0 Å². The van der Waals surface area contributed by atoms with Gasteiger partial charge in [0.2, 0.25) is 0 Å². The van der Waals surface area contributed by atoms with E-state index in [1.54, 1.807) is 4.44 Å². The molecule has 0 aliphatic heterocycles. The predicted octanol–water partition coefficient (Wildman–Crippen LogP) is 2.47. The Bertz CT molecular complexity index is 41.7. The molecule has 0 saturated heterocycles. The first-order chi connectivity index (χ1) is 3.77. The molecule has 0 aromatic rings. The number of unbranched alkanes of at least 4 members (excludes halogenated alkanes) is 1. The first-order valence-corrected chi connectivity index (χ1v) is 7.84. The third-order valence-corrected chi connectivity index (χ3v) is 6.00. The van der Waals surface area contributed by atoms with Gasteiger partial charge in [-0.25, -0.2) is 0 Å². The normalized spacial score (nSPS) is 10.5. The molecule has 0 aliphatic carbocycles. The third kappa shape index (κ3) is 6.80. The second kappa shape index (κ2) is 5.93. The molecule has 0 amide bonds. The molecule has 8 heavy (non-hydrogen) atoms. The van der Waals surface area contributed by atoms with Crippen LogP contribution in [0.2, 0.25) is 8.37 Å². The van der Waals surface area contributed by atoms with E-state index >= 15 is 0 Å². The van der Waals surface area contributed by atoms with Crippen molar-refractivity contribution in [1.82, 2.24) is 0 Å². The number of hydrogen-bond donors (Lipinski definition) is 0. The summed E-state index contributed by atoms with van der Waals surface area (Å²) in [6.07, 6.45) is 2.90. The summed E-state index contributed by atoms with van der Waals surface area (Å²) in [4.78, 5) is 0. The van der Waals surface area contributed by atoms with E-state index in [9.17, 15) is 0 Å². The summed E-state index contributed by atoms with van der Waals surface area (Å²) >= 11 is -0.0607. The zero-order valence-electron chi connectivity index (χ0n) is 6.28. The molecule has 0 aromatic heterocycles. The van der Waals surface area contributed by atoms with E-state index in [2.05, 4.69) is 20.8 Å². The van der Waals surface area contributed by atoms with Crippen molar-refractivity contribution in [3.63, 3.8) is 0 Å². The van der Waals surface area contributed by atoms with Gasteiger partial charge in [0.15, 0.2) is 0 Å². The van der Waals surface area contributed by atoms with Crippen molar-refractivity contribution in [2.24, 2.45) is 0 Å². The fraction of sp³-hybridized carbons (Fsp3) is 1.00. The van der Waals surface area contributed by atoms with E-state index in [1.807, 2.05) is 0 Å². The van der Waals surface area contributed by atoms with Crippen LogP contribution in [0.4, 0.5) is 0 Å². The standard InChI is InChI=1S/C4H9.C3H7.Sn.H/c1-3-4-2;1-3-2;;/h1,3-4H2,2H3;3H,1-2H3;;. The molecule has 0 aliphatic rings. The van der Waals surface area contributed by atoms with Crippen LogP contribution in [0.5, 0.6) is 0 Å². The second-order valence-electron chi connectivity index (χ2n) is 2.62. The Kier molecular flexibility index (Phi) is 6.52. The zero-order valence-corrected chi connectivity index (χ0v) is 9.57. The summed E-state index contributed by atoms with van der Waals surface area (Å²) in [5.41, 5.74) is 0. The van der Waals surface area contributed by atoms with Crippen molar-refractivity contribution in [2.75, 3.05) is 0 Å². The van der Waals surface area contributed by atoms with Gasteiger partial charge in [-0.05, 0) is 0 Å². The Balaban J connectivity index is 2.72. The molecule has 0 N–H and O–H groups in total. The maximum atomic E-state index is 2.37. The molecule has 0 rings (SSSR count). The third-order valence-electron chi connectivity index (χ3n) is 1.20. The Morgan fingerprint density at radius 2 is 2.00 bits per heavy atom. The molecule has 0 unspecified atom stereocenters. The van der Waals surface area contributed by atoms with Gasteiger partial charge in [0.1, 0.15) is 0 Å². The molecule has 0 nitrogen and oxygen atoms in total. The Hall–Kier alpha value is 0.799. The molecule has 1 radical (unpaired) electrons. The van der Waals surface area contributed by atoms with Gasteiger partial charge in [0.25, 0.3) is 0 Å². The Morgan fingerprint density at radius 1 is 1.38 bits per heavy atom. The van der Waals surface area contributed by atoms with Crippen LogP contribution in [-0.2, 0) is 0 Å². The fourth-order valence-electron chi connectivity index (χ4n) is 0.655. The molecule has 0 aromatic carbocycles. The molecule has 0 spiro atoms. The maximum absolute atomic E-state index is 2.37. The van der Waals surface area contributed by atoms with E-state index in [-0.39, 0.29) is 21.1 Å². The van der Waals surface area contributed by atoms with Crippen molar-refractivity contribution in [2.45, 2.75) is 42.0 Å². The average molecular weight is 220 g/mol. The SMILES string of the molecule is CCC[CH2][SnH][CH](C)C. The van der Waals surface area contributed by atoms with Crippen molar-refractivity contribution in [1.29, 1.82) is 0 Å². The van der Waals surface area contributed by atoms with Gasteiger partial charge >= 0.3 is 63.1 Å². The molecule has 0 bridgehead atoms. The molecule has 1 heteroatoms. The second-order valence-corrected chi connectivity index (χ2v) is 9.42. The molecule has 49 valence electrons. The molecular formula is C7H17Sn. The fourth-order valence-corrected chi connectivity index (χ4v) is 4.40. The van der Waals surface area contributed by atoms with E-state index < -0.39 is 0 Å². The topological polar surface area (TPSA) is 0 Å². The molecule has 0 fully saturated rings. The van der Waals surface area contributed by atoms with E-state index in [0.717, 1.165) is 3.93 Å². The van der Waals surface area contributed by atoms with Crippen molar-refractivity contribution < 1.29 is 0 Å². The van der Waals surface area contributed by atoms with Gasteiger partial charge in [0, 0.05) is 0 Å². The first kappa shape index (κ1) is 8.80. The van der Waals surface area contributed by atoms with Crippen molar-refractivity contribution in [3.8, 4) is 0 Å². The molecular weight excluding hydrogens is 203 g/mol. The quantitative estimate of drug-likeness (QED) is 0.504. The van der Waals surface area contributed by atoms with Crippen LogP contribution in [0, 0.1) is 0 Å². The zero-order chi connectivity index (χ0) is 6.41. The number of rotatable bonds is 4. The average Bonchev–Trinajstić information content (AvgIpc) is 1.66. The van der Waals surface area contributed by atoms with E-state index in [0.29, 0.717) is 0 Å². The first-order valence-electron chi connectivity index (χ1n) is 3.60. The minimum atomic E-state index is -0.0607. The van der Waals surface area contributed by atoms with Gasteiger partial charge in [-0.1, -0.05) is 0 Å². The molecule has 0 saturated carbocycles. The summed E-state index contributed by atoms with van der Waals surface area (Å²) in [7, 11) is 0. The van der Waals surface area contributed by atoms with E-state index in [4.69, 9.17) is 0 Å². The van der Waals surface area contributed by atoms with Gasteiger partial charge in [0.05, 0.1) is 0 Å². The summed E-state index contributed by atoms with van der Waals surface area (Å²) in [6.45, 7) is 7.02. The van der Waals surface area contributed by atoms with Crippen LogP contribution in [-0.4, -0.2) is 21.1 Å². The van der Waals surface area contributed by atoms with Crippen LogP contribution in [0.15, 0.2) is 0 Å². The minimum absolute atomic E-state index is 0.0607. The van der Waals surface area contributed by atoms with Crippen LogP contribution in [0.3, 0.4) is 0 Å². The summed E-state index contributed by atoms with van der Waals surface area (Å²) < 4.78 is 2.71.